The van der Waals surface area contributed by atoms with Crippen molar-refractivity contribution in [3.05, 3.63) is 68.8 Å². The lowest BCUT2D eigenvalue weighted by atomic mass is 9.70. The van der Waals surface area contributed by atoms with Crippen LogP contribution in [0.3, 0.4) is 0 Å². The van der Waals surface area contributed by atoms with Crippen molar-refractivity contribution in [2.45, 2.75) is 39.7 Å². The van der Waals surface area contributed by atoms with Gasteiger partial charge in [-0.05, 0) is 45.9 Å². The van der Waals surface area contributed by atoms with E-state index < -0.39 is 28.5 Å². The van der Waals surface area contributed by atoms with Gasteiger partial charge in [-0.3, -0.25) is 14.4 Å². The summed E-state index contributed by atoms with van der Waals surface area (Å²) in [6.45, 7) is 6.06. The molecule has 1 aliphatic heterocycles. The normalized spacial score (nSPS) is 19.9. The van der Waals surface area contributed by atoms with E-state index in [0.717, 1.165) is 11.0 Å². The van der Waals surface area contributed by atoms with E-state index in [-0.39, 0.29) is 46.1 Å². The van der Waals surface area contributed by atoms with Gasteiger partial charge in [0.25, 0.3) is 0 Å². The molecule has 0 bridgehead atoms. The summed E-state index contributed by atoms with van der Waals surface area (Å²) in [4.78, 5) is 43.9. The van der Waals surface area contributed by atoms with Crippen LogP contribution in [0.15, 0.2) is 41.3 Å². The second-order valence-corrected chi connectivity index (χ2v) is 9.90. The maximum atomic E-state index is 13.9. The Hall–Kier alpha value is -4.11. The zero-order valence-electron chi connectivity index (χ0n) is 20.8. The fraction of sp³-hybridized carbons (Fsp3) is 0.259. The Labute approximate surface area is 217 Å². The number of carbonyl (C=O) groups excluding carboxylic acids is 3. The van der Waals surface area contributed by atoms with Crippen molar-refractivity contribution in [1.29, 1.82) is 0 Å². The highest BCUT2D eigenvalue weighted by molar-refractivity contribution is 6.31. The number of aromatic nitrogens is 2. The van der Waals surface area contributed by atoms with Crippen molar-refractivity contribution >= 4 is 40.0 Å². The number of nitrogens with one attached hydrogen (secondary N) is 1. The topological polar surface area (TPSA) is 131 Å². The highest BCUT2D eigenvalue weighted by atomic mass is 35.5. The second kappa shape index (κ2) is 8.21. The molecule has 2 aromatic carbocycles. The molecule has 10 heteroatoms. The maximum absolute atomic E-state index is 13.9. The smallest absolute Gasteiger partial charge is 0.194 e. The standard InChI is InChI=1S/C27H24ClN3O6/c1-11-23(34)21(13(3)32)25-22(24(11)35)27(4)18(37-25)9-17(33)20(26(27)36)12(2)29-10-19-30-15-8-14(28)6-7-16(15)31(19)5/h6-9,29,34-35H,10H2,1-5H3/b20-12+/t27-/m0/s1. The van der Waals surface area contributed by atoms with E-state index in [2.05, 4.69) is 10.3 Å². The molecule has 0 saturated carbocycles. The first-order valence-electron chi connectivity index (χ1n) is 11.5. The van der Waals surface area contributed by atoms with E-state index in [1.807, 2.05) is 17.7 Å². The van der Waals surface area contributed by atoms with Crippen molar-refractivity contribution in [2.75, 3.05) is 0 Å². The van der Waals surface area contributed by atoms with E-state index in [0.29, 0.717) is 16.5 Å². The molecule has 2 aliphatic rings. The van der Waals surface area contributed by atoms with Crippen molar-refractivity contribution in [1.82, 2.24) is 14.9 Å². The molecule has 1 atom stereocenters. The lowest BCUT2D eigenvalue weighted by Gasteiger charge is -2.29. The van der Waals surface area contributed by atoms with E-state index in [1.165, 1.54) is 26.8 Å². The fourth-order valence-corrected chi connectivity index (χ4v) is 5.21. The van der Waals surface area contributed by atoms with Gasteiger partial charge in [0, 0.05) is 29.4 Å². The molecule has 1 aliphatic carbocycles. The Morgan fingerprint density at radius 1 is 1.22 bits per heavy atom. The number of hydrogen-bond acceptors (Lipinski definition) is 8. The van der Waals surface area contributed by atoms with E-state index in [1.54, 1.807) is 19.1 Å². The lowest BCUT2D eigenvalue weighted by molar-refractivity contribution is -0.123. The minimum atomic E-state index is -1.57. The molecule has 5 rings (SSSR count). The monoisotopic (exact) mass is 521 g/mol. The van der Waals surface area contributed by atoms with Crippen molar-refractivity contribution in [3.8, 4) is 17.2 Å². The number of rotatable bonds is 4. The van der Waals surface area contributed by atoms with Crippen LogP contribution < -0.4 is 10.1 Å². The number of hydrogen-bond donors (Lipinski definition) is 3. The predicted molar refractivity (Wildman–Crippen MR) is 136 cm³/mol. The number of allylic oxidation sites excluding steroid dienone is 4. The Bertz CT molecular complexity index is 1650. The number of halogens is 1. The first kappa shape index (κ1) is 24.6. The van der Waals surface area contributed by atoms with Crippen LogP contribution in [-0.2, 0) is 28.6 Å². The highest BCUT2D eigenvalue weighted by Crippen LogP contribution is 2.57. The Balaban J connectivity index is 1.57. The first-order chi connectivity index (χ1) is 17.4. The fourth-order valence-electron chi connectivity index (χ4n) is 5.04. The third-order valence-corrected chi connectivity index (χ3v) is 7.44. The summed E-state index contributed by atoms with van der Waals surface area (Å²) in [6.07, 6.45) is 1.19. The van der Waals surface area contributed by atoms with Gasteiger partial charge >= 0.3 is 0 Å². The van der Waals surface area contributed by atoms with Gasteiger partial charge in [-0.2, -0.15) is 0 Å². The third-order valence-electron chi connectivity index (χ3n) is 7.21. The molecule has 2 heterocycles. The highest BCUT2D eigenvalue weighted by Gasteiger charge is 2.56. The SMILES string of the molecule is CC(=O)c1c(O)c(C)c(O)c2c1OC1=CC(=O)/C(=C(/C)NCc3nc4cc(Cl)ccc4n3C)C(=O)[C@@]12C. The van der Waals surface area contributed by atoms with Gasteiger partial charge in [-0.1, -0.05) is 11.6 Å². The van der Waals surface area contributed by atoms with Gasteiger partial charge in [-0.25, -0.2) is 4.98 Å². The summed E-state index contributed by atoms with van der Waals surface area (Å²) < 4.78 is 7.68. The van der Waals surface area contributed by atoms with Crippen LogP contribution >= 0.6 is 11.6 Å². The second-order valence-electron chi connectivity index (χ2n) is 9.46. The molecular weight excluding hydrogens is 498 g/mol. The first-order valence-corrected chi connectivity index (χ1v) is 11.9. The van der Waals surface area contributed by atoms with Gasteiger partial charge in [0.05, 0.1) is 28.7 Å². The number of fused-ring (bicyclic) bond motifs is 4. The number of phenolic OH excluding ortho intramolecular Hbond substituents is 2. The molecule has 0 spiro atoms. The van der Waals surface area contributed by atoms with E-state index in [9.17, 15) is 24.6 Å². The molecular formula is C27H24ClN3O6. The number of aryl methyl sites for hydroxylation is 1. The van der Waals surface area contributed by atoms with Crippen LogP contribution in [0.2, 0.25) is 5.02 Å². The van der Waals surface area contributed by atoms with Gasteiger partial charge in [0.15, 0.2) is 17.3 Å². The maximum Gasteiger partial charge on any atom is 0.194 e. The molecule has 9 nitrogen and oxygen atoms in total. The molecule has 0 unspecified atom stereocenters. The predicted octanol–water partition coefficient (Wildman–Crippen LogP) is 3.90. The number of imidazole rings is 1. The van der Waals surface area contributed by atoms with Crippen LogP contribution in [0.1, 0.15) is 48.1 Å². The number of ether oxygens (including phenoxy) is 1. The number of aromatic hydroxyl groups is 2. The van der Waals surface area contributed by atoms with Crippen molar-refractivity contribution < 1.29 is 29.3 Å². The number of ketones is 3. The van der Waals surface area contributed by atoms with Crippen LogP contribution in [0.4, 0.5) is 0 Å². The summed E-state index contributed by atoms with van der Waals surface area (Å²) in [5.74, 6) is -1.92. The van der Waals surface area contributed by atoms with Gasteiger partial charge in [-0.15, -0.1) is 0 Å². The van der Waals surface area contributed by atoms with Gasteiger partial charge in [0.2, 0.25) is 0 Å². The van der Waals surface area contributed by atoms with E-state index >= 15 is 0 Å². The number of nitrogens with zero attached hydrogens (tertiary/aromatic N) is 2. The number of phenols is 2. The summed E-state index contributed by atoms with van der Waals surface area (Å²) >= 11 is 6.08. The minimum absolute atomic E-state index is 0.0101. The molecule has 0 radical (unpaired) electrons. The van der Waals surface area contributed by atoms with Crippen LogP contribution in [0.5, 0.6) is 17.2 Å². The molecule has 190 valence electrons. The van der Waals surface area contributed by atoms with Gasteiger partial charge < -0.3 is 24.8 Å². The quantitative estimate of drug-likeness (QED) is 0.268. The van der Waals surface area contributed by atoms with Crippen LogP contribution in [0, 0.1) is 6.92 Å². The Kier molecular flexibility index (Phi) is 5.45. The van der Waals surface area contributed by atoms with Crippen LogP contribution in [0.25, 0.3) is 11.0 Å². The lowest BCUT2D eigenvalue weighted by Crippen LogP contribution is -2.41. The zero-order chi connectivity index (χ0) is 27.0. The minimum Gasteiger partial charge on any atom is -0.507 e. The molecule has 1 aromatic heterocycles. The molecule has 3 N–H and O–H groups in total. The number of carbonyl (C=O) groups is 3. The van der Waals surface area contributed by atoms with Crippen molar-refractivity contribution in [3.63, 3.8) is 0 Å². The molecule has 37 heavy (non-hydrogen) atoms. The average molecular weight is 522 g/mol. The average Bonchev–Trinajstić information content (AvgIpc) is 3.30. The Morgan fingerprint density at radius 2 is 1.92 bits per heavy atom. The summed E-state index contributed by atoms with van der Waals surface area (Å²) in [7, 11) is 1.86. The number of benzene rings is 2. The number of Topliss-reactive ketones (excluding diaryl/α,β-unsaturated/α-hetero) is 2. The third kappa shape index (κ3) is 3.37. The van der Waals surface area contributed by atoms with E-state index in [4.69, 9.17) is 16.3 Å². The Morgan fingerprint density at radius 3 is 2.59 bits per heavy atom. The zero-order valence-corrected chi connectivity index (χ0v) is 21.6. The van der Waals surface area contributed by atoms with Gasteiger partial charge in [0.1, 0.15) is 39.8 Å². The van der Waals surface area contributed by atoms with Crippen LogP contribution in [-0.4, -0.2) is 37.1 Å². The molecule has 3 aromatic rings. The molecule has 0 fully saturated rings. The summed E-state index contributed by atoms with van der Waals surface area (Å²) in [5, 5.41) is 25.1. The molecule has 0 amide bonds. The largest absolute Gasteiger partial charge is 0.507 e. The summed E-state index contributed by atoms with van der Waals surface area (Å²) in [5.41, 5.74) is 0.207. The van der Waals surface area contributed by atoms with Crippen molar-refractivity contribution in [2.24, 2.45) is 7.05 Å². The molecule has 0 saturated heterocycles. The summed E-state index contributed by atoms with van der Waals surface area (Å²) in [6, 6.07) is 5.39.